The van der Waals surface area contributed by atoms with Gasteiger partial charge in [-0.2, -0.15) is 0 Å². The predicted molar refractivity (Wildman–Crippen MR) is 82.8 cm³/mol. The number of nitrogens with one attached hydrogen (secondary N) is 1. The van der Waals surface area contributed by atoms with Gasteiger partial charge in [-0.25, -0.2) is 0 Å². The molecule has 20 heavy (non-hydrogen) atoms. The molecule has 3 nitrogen and oxygen atoms in total. The number of likely N-dealkylation sites (tertiary alicyclic amines) is 1. The van der Waals surface area contributed by atoms with E-state index in [1.54, 1.807) is 11.8 Å². The van der Waals surface area contributed by atoms with Crippen molar-refractivity contribution in [1.82, 2.24) is 10.2 Å². The highest BCUT2D eigenvalue weighted by molar-refractivity contribution is 8.00. The zero-order valence-electron chi connectivity index (χ0n) is 11.9. The summed E-state index contributed by atoms with van der Waals surface area (Å²) >= 11 is 1.65. The van der Waals surface area contributed by atoms with Crippen LogP contribution in [0.4, 0.5) is 0 Å². The Labute approximate surface area is 125 Å². The molecule has 2 aliphatic heterocycles. The number of nitrogens with zero attached hydrogens (tertiary/aromatic N) is 1. The lowest BCUT2D eigenvalue weighted by Crippen LogP contribution is -2.40. The lowest BCUT2D eigenvalue weighted by atomic mass is 9.93. The maximum atomic E-state index is 12.5. The molecule has 0 spiro atoms. The van der Waals surface area contributed by atoms with Crippen LogP contribution in [0.5, 0.6) is 0 Å². The summed E-state index contributed by atoms with van der Waals surface area (Å²) in [5, 5.41) is 3.46. The quantitative estimate of drug-likeness (QED) is 0.863. The number of amides is 1. The molecule has 0 aliphatic carbocycles. The fourth-order valence-electron chi connectivity index (χ4n) is 3.58. The van der Waals surface area contributed by atoms with Crippen molar-refractivity contribution >= 4 is 17.7 Å². The first-order valence-corrected chi connectivity index (χ1v) is 8.46. The molecule has 1 amide bonds. The van der Waals surface area contributed by atoms with E-state index in [0.29, 0.717) is 29.5 Å². The van der Waals surface area contributed by atoms with Gasteiger partial charge in [-0.1, -0.05) is 25.1 Å². The van der Waals surface area contributed by atoms with Gasteiger partial charge in [0.1, 0.15) is 0 Å². The summed E-state index contributed by atoms with van der Waals surface area (Å²) in [7, 11) is 0. The summed E-state index contributed by atoms with van der Waals surface area (Å²) in [5.74, 6) is 2.21. The lowest BCUT2D eigenvalue weighted by Gasteiger charge is -2.26. The average molecular weight is 290 g/mol. The van der Waals surface area contributed by atoms with E-state index in [1.165, 1.54) is 4.90 Å². The highest BCUT2D eigenvalue weighted by Gasteiger charge is 2.44. The molecule has 3 atom stereocenters. The van der Waals surface area contributed by atoms with Gasteiger partial charge in [0.05, 0.1) is 5.75 Å². The first-order valence-electron chi connectivity index (χ1n) is 7.47. The Morgan fingerprint density at radius 2 is 2.15 bits per heavy atom. The Balaban J connectivity index is 1.59. The van der Waals surface area contributed by atoms with Gasteiger partial charge < -0.3 is 10.2 Å². The molecule has 0 bridgehead atoms. The van der Waals surface area contributed by atoms with Crippen molar-refractivity contribution in [1.29, 1.82) is 0 Å². The number of thioether (sulfide) groups is 1. The van der Waals surface area contributed by atoms with Crippen LogP contribution in [0, 0.1) is 11.8 Å². The molecule has 0 saturated carbocycles. The van der Waals surface area contributed by atoms with Crippen molar-refractivity contribution in [3.63, 3.8) is 0 Å². The van der Waals surface area contributed by atoms with Crippen LogP contribution in [-0.2, 0) is 4.79 Å². The molecule has 3 rings (SSSR count). The molecule has 0 aromatic heterocycles. The normalized spacial score (nSPS) is 28.6. The van der Waals surface area contributed by atoms with Gasteiger partial charge in [0, 0.05) is 30.6 Å². The fourth-order valence-corrected chi connectivity index (χ4v) is 4.38. The van der Waals surface area contributed by atoms with Crippen molar-refractivity contribution in [2.75, 3.05) is 25.4 Å². The van der Waals surface area contributed by atoms with Crippen molar-refractivity contribution < 1.29 is 4.79 Å². The highest BCUT2D eigenvalue weighted by Crippen LogP contribution is 2.34. The second-order valence-corrected chi connectivity index (χ2v) is 6.75. The van der Waals surface area contributed by atoms with Gasteiger partial charge in [0.25, 0.3) is 0 Å². The van der Waals surface area contributed by atoms with E-state index in [9.17, 15) is 4.79 Å². The van der Waals surface area contributed by atoms with Gasteiger partial charge in [-0.15, -0.1) is 11.8 Å². The van der Waals surface area contributed by atoms with E-state index in [-0.39, 0.29) is 0 Å². The van der Waals surface area contributed by atoms with Crippen molar-refractivity contribution in [2.24, 2.45) is 11.8 Å². The van der Waals surface area contributed by atoms with Crippen LogP contribution >= 0.6 is 11.8 Å². The third-order valence-corrected chi connectivity index (χ3v) is 5.56. The first-order chi connectivity index (χ1) is 9.79. The second-order valence-electron chi connectivity index (χ2n) is 5.71. The SMILES string of the molecule is CCC1C2CNCC2CN1C(=O)CSc1ccccc1. The molecule has 2 saturated heterocycles. The summed E-state index contributed by atoms with van der Waals surface area (Å²) < 4.78 is 0. The molecule has 0 radical (unpaired) electrons. The van der Waals surface area contributed by atoms with Gasteiger partial charge in [-0.05, 0) is 30.4 Å². The highest BCUT2D eigenvalue weighted by atomic mass is 32.2. The summed E-state index contributed by atoms with van der Waals surface area (Å²) in [6, 6.07) is 10.6. The fraction of sp³-hybridized carbons (Fsp3) is 0.562. The Bertz CT molecular complexity index is 465. The van der Waals surface area contributed by atoms with Crippen molar-refractivity contribution in [3.05, 3.63) is 30.3 Å². The van der Waals surface area contributed by atoms with Crippen LogP contribution in [0.15, 0.2) is 35.2 Å². The van der Waals surface area contributed by atoms with E-state index in [0.717, 1.165) is 26.1 Å². The number of hydrogen-bond donors (Lipinski definition) is 1. The number of rotatable bonds is 4. The lowest BCUT2D eigenvalue weighted by molar-refractivity contribution is -0.129. The molecular formula is C16H22N2OS. The molecule has 1 aromatic carbocycles. The smallest absolute Gasteiger partial charge is 0.233 e. The molecule has 2 heterocycles. The minimum Gasteiger partial charge on any atom is -0.338 e. The molecule has 2 aliphatic rings. The maximum Gasteiger partial charge on any atom is 0.233 e. The van der Waals surface area contributed by atoms with Gasteiger partial charge in [0.15, 0.2) is 0 Å². The Morgan fingerprint density at radius 1 is 1.35 bits per heavy atom. The minimum absolute atomic E-state index is 0.306. The molecular weight excluding hydrogens is 268 g/mol. The summed E-state index contributed by atoms with van der Waals surface area (Å²) in [6.07, 6.45) is 1.07. The number of carbonyl (C=O) groups excluding carboxylic acids is 1. The Morgan fingerprint density at radius 3 is 2.90 bits per heavy atom. The first kappa shape index (κ1) is 14.0. The average Bonchev–Trinajstić information content (AvgIpc) is 3.06. The number of carbonyl (C=O) groups is 1. The third kappa shape index (κ3) is 2.72. The summed E-state index contributed by atoms with van der Waals surface area (Å²) in [4.78, 5) is 15.8. The van der Waals surface area contributed by atoms with E-state index in [4.69, 9.17) is 0 Å². The maximum absolute atomic E-state index is 12.5. The molecule has 108 valence electrons. The number of fused-ring (bicyclic) bond motifs is 1. The number of benzene rings is 1. The van der Waals surface area contributed by atoms with Gasteiger partial charge >= 0.3 is 0 Å². The van der Waals surface area contributed by atoms with Crippen molar-refractivity contribution in [3.8, 4) is 0 Å². The summed E-state index contributed by atoms with van der Waals surface area (Å²) in [6.45, 7) is 5.32. The van der Waals surface area contributed by atoms with Crippen molar-refractivity contribution in [2.45, 2.75) is 24.3 Å². The molecule has 3 unspecified atom stereocenters. The van der Waals surface area contributed by atoms with E-state index in [1.807, 2.05) is 18.2 Å². The molecule has 1 N–H and O–H groups in total. The standard InChI is InChI=1S/C16H22N2OS/c1-2-15-14-9-17-8-12(14)10-18(15)16(19)11-20-13-6-4-3-5-7-13/h3-7,12,14-15,17H,2,8-11H2,1H3. The van der Waals surface area contributed by atoms with Gasteiger partial charge in [-0.3, -0.25) is 4.79 Å². The van der Waals surface area contributed by atoms with Gasteiger partial charge in [0.2, 0.25) is 5.91 Å². The largest absolute Gasteiger partial charge is 0.338 e. The predicted octanol–water partition coefficient (Wildman–Crippen LogP) is 2.24. The van der Waals surface area contributed by atoms with E-state index in [2.05, 4.69) is 29.3 Å². The zero-order chi connectivity index (χ0) is 13.9. The Kier molecular flexibility index (Phi) is 4.32. The molecule has 1 aromatic rings. The van der Waals surface area contributed by atoms with Crippen LogP contribution < -0.4 is 5.32 Å². The molecule has 2 fully saturated rings. The monoisotopic (exact) mass is 290 g/mol. The van der Waals surface area contributed by atoms with E-state index < -0.39 is 0 Å². The number of hydrogen-bond acceptors (Lipinski definition) is 3. The van der Waals surface area contributed by atoms with Crippen LogP contribution in [0.1, 0.15) is 13.3 Å². The minimum atomic E-state index is 0.306. The van der Waals surface area contributed by atoms with Crippen LogP contribution in [-0.4, -0.2) is 42.2 Å². The van der Waals surface area contributed by atoms with Crippen LogP contribution in [0.25, 0.3) is 0 Å². The Hall–Kier alpha value is -1.00. The van der Waals surface area contributed by atoms with Crippen LogP contribution in [0.3, 0.4) is 0 Å². The second kappa shape index (κ2) is 6.19. The summed E-state index contributed by atoms with van der Waals surface area (Å²) in [5.41, 5.74) is 0. The topological polar surface area (TPSA) is 32.3 Å². The third-order valence-electron chi connectivity index (χ3n) is 4.56. The zero-order valence-corrected chi connectivity index (χ0v) is 12.7. The molecule has 4 heteroatoms. The van der Waals surface area contributed by atoms with E-state index >= 15 is 0 Å². The van der Waals surface area contributed by atoms with Crippen LogP contribution in [0.2, 0.25) is 0 Å².